The standard InChI is InChI=1S/C15H19NO2/c1-2-11-5-3-4-6-13(11)14(17)16-9-15(18,10-16)12-7-8-12/h3-6,12,18H,2,7-10H2,1H3. The van der Waals surface area contributed by atoms with Gasteiger partial charge in [0.1, 0.15) is 5.60 Å². The maximum atomic E-state index is 12.4. The Bertz CT molecular complexity index is 473. The molecule has 1 saturated carbocycles. The van der Waals surface area contributed by atoms with E-state index in [9.17, 15) is 9.90 Å². The van der Waals surface area contributed by atoms with Crippen molar-refractivity contribution in [3.8, 4) is 0 Å². The van der Waals surface area contributed by atoms with Gasteiger partial charge in [-0.05, 0) is 36.8 Å². The number of nitrogens with zero attached hydrogens (tertiary/aromatic N) is 1. The first-order valence-electron chi connectivity index (χ1n) is 6.73. The molecule has 1 N–H and O–H groups in total. The van der Waals surface area contributed by atoms with Crippen LogP contribution < -0.4 is 0 Å². The number of hydrogen-bond donors (Lipinski definition) is 1. The molecule has 1 heterocycles. The third-order valence-electron chi connectivity index (χ3n) is 4.18. The average molecular weight is 245 g/mol. The van der Waals surface area contributed by atoms with Gasteiger partial charge in [-0.15, -0.1) is 0 Å². The molecule has 1 aromatic carbocycles. The second-order valence-corrected chi connectivity index (χ2v) is 5.55. The van der Waals surface area contributed by atoms with Crippen LogP contribution >= 0.6 is 0 Å². The van der Waals surface area contributed by atoms with Gasteiger partial charge in [0.2, 0.25) is 0 Å². The van der Waals surface area contributed by atoms with Gasteiger partial charge < -0.3 is 10.0 Å². The summed E-state index contributed by atoms with van der Waals surface area (Å²) in [6.07, 6.45) is 3.09. The molecule has 0 atom stereocenters. The maximum Gasteiger partial charge on any atom is 0.254 e. The van der Waals surface area contributed by atoms with Crippen LogP contribution in [0.2, 0.25) is 0 Å². The molecule has 0 bridgehead atoms. The molecule has 1 amide bonds. The van der Waals surface area contributed by atoms with E-state index < -0.39 is 5.60 Å². The lowest BCUT2D eigenvalue weighted by atomic mass is 9.87. The number of benzene rings is 1. The summed E-state index contributed by atoms with van der Waals surface area (Å²) in [5.74, 6) is 0.501. The van der Waals surface area contributed by atoms with E-state index >= 15 is 0 Å². The van der Waals surface area contributed by atoms with Crippen molar-refractivity contribution < 1.29 is 9.90 Å². The van der Waals surface area contributed by atoms with Crippen molar-refractivity contribution in [3.05, 3.63) is 35.4 Å². The number of amides is 1. The third kappa shape index (κ3) is 1.83. The molecule has 2 aliphatic rings. The molecule has 1 aliphatic heterocycles. The summed E-state index contributed by atoms with van der Waals surface area (Å²) >= 11 is 0. The summed E-state index contributed by atoms with van der Waals surface area (Å²) in [7, 11) is 0. The summed E-state index contributed by atoms with van der Waals surface area (Å²) in [6.45, 7) is 3.08. The minimum absolute atomic E-state index is 0.0674. The van der Waals surface area contributed by atoms with Gasteiger partial charge in [-0.25, -0.2) is 0 Å². The van der Waals surface area contributed by atoms with Crippen LogP contribution in [-0.2, 0) is 6.42 Å². The lowest BCUT2D eigenvalue weighted by Gasteiger charge is -2.47. The van der Waals surface area contributed by atoms with Gasteiger partial charge in [0, 0.05) is 5.56 Å². The zero-order valence-electron chi connectivity index (χ0n) is 10.7. The van der Waals surface area contributed by atoms with Crippen LogP contribution in [0.25, 0.3) is 0 Å². The predicted molar refractivity (Wildman–Crippen MR) is 69.4 cm³/mol. The molecule has 1 aromatic rings. The highest BCUT2D eigenvalue weighted by Crippen LogP contribution is 2.44. The van der Waals surface area contributed by atoms with E-state index in [1.165, 1.54) is 0 Å². The Balaban J connectivity index is 1.72. The van der Waals surface area contributed by atoms with Crippen molar-refractivity contribution in [3.63, 3.8) is 0 Å². The number of aliphatic hydroxyl groups is 1. The second-order valence-electron chi connectivity index (χ2n) is 5.55. The van der Waals surface area contributed by atoms with Gasteiger partial charge in [-0.3, -0.25) is 4.79 Å². The van der Waals surface area contributed by atoms with Crippen molar-refractivity contribution in [2.24, 2.45) is 5.92 Å². The quantitative estimate of drug-likeness (QED) is 0.882. The number of aryl methyl sites for hydroxylation is 1. The molecule has 0 unspecified atom stereocenters. The predicted octanol–water partition coefficient (Wildman–Crippen LogP) is 1.85. The molecular weight excluding hydrogens is 226 g/mol. The zero-order valence-corrected chi connectivity index (χ0v) is 10.7. The molecule has 0 aromatic heterocycles. The van der Waals surface area contributed by atoms with Crippen LogP contribution in [0.4, 0.5) is 0 Å². The fourth-order valence-electron chi connectivity index (χ4n) is 2.84. The molecule has 1 aliphatic carbocycles. The molecule has 3 nitrogen and oxygen atoms in total. The highest BCUT2D eigenvalue weighted by atomic mass is 16.3. The Morgan fingerprint density at radius 1 is 1.39 bits per heavy atom. The van der Waals surface area contributed by atoms with Crippen molar-refractivity contribution in [2.45, 2.75) is 31.8 Å². The Hall–Kier alpha value is -1.35. The van der Waals surface area contributed by atoms with Crippen molar-refractivity contribution in [2.75, 3.05) is 13.1 Å². The fourth-order valence-corrected chi connectivity index (χ4v) is 2.84. The van der Waals surface area contributed by atoms with Crippen LogP contribution in [0.3, 0.4) is 0 Å². The van der Waals surface area contributed by atoms with Gasteiger partial charge in [0.05, 0.1) is 13.1 Å². The average Bonchev–Trinajstić information content (AvgIpc) is 3.18. The SMILES string of the molecule is CCc1ccccc1C(=O)N1CC(O)(C2CC2)C1. The van der Waals surface area contributed by atoms with Crippen LogP contribution in [-0.4, -0.2) is 34.6 Å². The molecular formula is C15H19NO2. The molecule has 2 fully saturated rings. The van der Waals surface area contributed by atoms with Gasteiger partial charge >= 0.3 is 0 Å². The van der Waals surface area contributed by atoms with Crippen LogP contribution in [0, 0.1) is 5.92 Å². The van der Waals surface area contributed by atoms with Crippen LogP contribution in [0.1, 0.15) is 35.7 Å². The lowest BCUT2D eigenvalue weighted by Crippen LogP contribution is -2.64. The van der Waals surface area contributed by atoms with Gasteiger partial charge in [-0.1, -0.05) is 25.1 Å². The van der Waals surface area contributed by atoms with Crippen molar-refractivity contribution >= 4 is 5.91 Å². The normalized spacial score (nSPS) is 21.6. The van der Waals surface area contributed by atoms with E-state index in [-0.39, 0.29) is 5.91 Å². The monoisotopic (exact) mass is 245 g/mol. The highest BCUT2D eigenvalue weighted by Gasteiger charge is 2.53. The van der Waals surface area contributed by atoms with Gasteiger partial charge in [0.25, 0.3) is 5.91 Å². The van der Waals surface area contributed by atoms with E-state index in [0.717, 1.165) is 30.4 Å². The third-order valence-corrected chi connectivity index (χ3v) is 4.18. The van der Waals surface area contributed by atoms with E-state index in [0.29, 0.717) is 19.0 Å². The Morgan fingerprint density at radius 2 is 2.06 bits per heavy atom. The van der Waals surface area contributed by atoms with Crippen molar-refractivity contribution in [1.29, 1.82) is 0 Å². The molecule has 96 valence electrons. The van der Waals surface area contributed by atoms with Crippen molar-refractivity contribution in [1.82, 2.24) is 4.90 Å². The summed E-state index contributed by atoms with van der Waals surface area (Å²) < 4.78 is 0. The molecule has 0 radical (unpaired) electrons. The summed E-state index contributed by atoms with van der Waals surface area (Å²) in [5.41, 5.74) is 1.29. The highest BCUT2D eigenvalue weighted by molar-refractivity contribution is 5.96. The number of carbonyl (C=O) groups is 1. The van der Waals surface area contributed by atoms with E-state index in [4.69, 9.17) is 0 Å². The molecule has 1 saturated heterocycles. The minimum atomic E-state index is -0.586. The first-order chi connectivity index (χ1) is 8.64. The van der Waals surface area contributed by atoms with Crippen LogP contribution in [0.15, 0.2) is 24.3 Å². The van der Waals surface area contributed by atoms with Gasteiger partial charge in [-0.2, -0.15) is 0 Å². The number of rotatable bonds is 3. The first kappa shape index (κ1) is 11.7. The molecule has 0 spiro atoms. The number of carbonyl (C=O) groups excluding carboxylic acids is 1. The topological polar surface area (TPSA) is 40.5 Å². The fraction of sp³-hybridized carbons (Fsp3) is 0.533. The summed E-state index contributed by atoms with van der Waals surface area (Å²) in [4.78, 5) is 14.1. The molecule has 3 heteroatoms. The van der Waals surface area contributed by atoms with Gasteiger partial charge in [0.15, 0.2) is 0 Å². The van der Waals surface area contributed by atoms with E-state index in [2.05, 4.69) is 6.92 Å². The van der Waals surface area contributed by atoms with E-state index in [1.807, 2.05) is 24.3 Å². The molecule has 3 rings (SSSR count). The summed E-state index contributed by atoms with van der Waals surface area (Å²) in [6, 6.07) is 7.75. The largest absolute Gasteiger partial charge is 0.386 e. The maximum absolute atomic E-state index is 12.4. The Morgan fingerprint density at radius 3 is 2.67 bits per heavy atom. The lowest BCUT2D eigenvalue weighted by molar-refractivity contribution is -0.0958. The number of hydrogen-bond acceptors (Lipinski definition) is 2. The first-order valence-corrected chi connectivity index (χ1v) is 6.73. The Kier molecular flexibility index (Phi) is 2.67. The molecule has 18 heavy (non-hydrogen) atoms. The van der Waals surface area contributed by atoms with Crippen LogP contribution in [0.5, 0.6) is 0 Å². The summed E-state index contributed by atoms with van der Waals surface area (Å²) in [5, 5.41) is 10.2. The van der Waals surface area contributed by atoms with E-state index in [1.54, 1.807) is 4.90 Å². The zero-order chi connectivity index (χ0) is 12.8. The number of likely N-dealkylation sites (tertiary alicyclic amines) is 1. The minimum Gasteiger partial charge on any atom is -0.386 e. The smallest absolute Gasteiger partial charge is 0.254 e. The second kappa shape index (κ2) is 4.09. The Labute approximate surface area is 107 Å². The number of β-amino-alcohol motifs (C(OH)–C–C–N with tert-alkyl or cyclic N) is 1.